The van der Waals surface area contributed by atoms with Gasteiger partial charge in [-0.15, -0.1) is 11.3 Å². The van der Waals surface area contributed by atoms with Gasteiger partial charge < -0.3 is 14.7 Å². The standard InChI is InChI=1S/C21H23F3N4O2S/c22-21(23,24)13-28-16-5-2-1-4-14(16)18(15(12-25)19(28)29)26-7-9-27(10-8-26)20(30)17-6-3-11-31-17/h3,6,11,14,16H,1-2,4-5,7-10,13H2. The molecule has 1 saturated heterocycles. The number of thiophene rings is 1. The Labute approximate surface area is 182 Å². The number of fused-ring (bicyclic) bond motifs is 1. The highest BCUT2D eigenvalue weighted by atomic mass is 32.1. The minimum Gasteiger partial charge on any atom is -0.370 e. The molecule has 0 N–H and O–H groups in total. The second-order valence-corrected chi connectivity index (χ2v) is 9.08. The molecule has 2 atom stereocenters. The lowest BCUT2D eigenvalue weighted by Crippen LogP contribution is -2.57. The average Bonchev–Trinajstić information content (AvgIpc) is 3.29. The topological polar surface area (TPSA) is 67.7 Å². The third-order valence-corrected chi connectivity index (χ3v) is 7.17. The van der Waals surface area contributed by atoms with Crippen molar-refractivity contribution < 1.29 is 22.8 Å². The molecule has 1 saturated carbocycles. The predicted octanol–water partition coefficient (Wildman–Crippen LogP) is 3.25. The first-order valence-corrected chi connectivity index (χ1v) is 11.3. The molecule has 2 aliphatic heterocycles. The summed E-state index contributed by atoms with van der Waals surface area (Å²) in [6.45, 7) is 0.461. The Bertz CT molecular complexity index is 914. The van der Waals surface area contributed by atoms with Gasteiger partial charge in [0.05, 0.1) is 4.88 Å². The smallest absolute Gasteiger partial charge is 0.370 e. The summed E-state index contributed by atoms with van der Waals surface area (Å²) in [5.74, 6) is -1.14. The predicted molar refractivity (Wildman–Crippen MR) is 108 cm³/mol. The van der Waals surface area contributed by atoms with Crippen LogP contribution in [-0.2, 0) is 4.79 Å². The summed E-state index contributed by atoms with van der Waals surface area (Å²) in [6, 6.07) is 4.96. The Morgan fingerprint density at radius 3 is 2.52 bits per heavy atom. The van der Waals surface area contributed by atoms with Crippen LogP contribution in [0.1, 0.15) is 35.4 Å². The highest BCUT2D eigenvalue weighted by Gasteiger charge is 2.48. The normalized spacial score (nSPS) is 24.8. The minimum atomic E-state index is -4.51. The first kappa shape index (κ1) is 21.7. The number of amides is 2. The van der Waals surface area contributed by atoms with E-state index in [4.69, 9.17) is 0 Å². The maximum absolute atomic E-state index is 13.2. The number of hydrogen-bond acceptors (Lipinski definition) is 5. The molecule has 0 spiro atoms. The molecule has 1 aliphatic carbocycles. The number of carbonyl (C=O) groups excluding carboxylic acids is 2. The third-order valence-electron chi connectivity index (χ3n) is 6.31. The van der Waals surface area contributed by atoms with Crippen LogP contribution in [-0.4, -0.2) is 71.5 Å². The molecule has 0 radical (unpaired) electrons. The number of halogens is 3. The number of nitriles is 1. The molecule has 0 aromatic carbocycles. The Morgan fingerprint density at radius 1 is 1.19 bits per heavy atom. The van der Waals surface area contributed by atoms with Crippen LogP contribution in [0, 0.1) is 17.2 Å². The molecular weight excluding hydrogens is 429 g/mol. The van der Waals surface area contributed by atoms with E-state index < -0.39 is 24.7 Å². The van der Waals surface area contributed by atoms with Gasteiger partial charge in [0.15, 0.2) is 0 Å². The van der Waals surface area contributed by atoms with Crippen molar-refractivity contribution in [3.63, 3.8) is 0 Å². The van der Waals surface area contributed by atoms with Crippen LogP contribution in [0.15, 0.2) is 28.8 Å². The molecule has 166 valence electrons. The van der Waals surface area contributed by atoms with Crippen molar-refractivity contribution in [3.8, 4) is 6.07 Å². The Morgan fingerprint density at radius 2 is 1.90 bits per heavy atom. The van der Waals surface area contributed by atoms with Crippen molar-refractivity contribution in [2.75, 3.05) is 32.7 Å². The van der Waals surface area contributed by atoms with E-state index in [-0.39, 0.29) is 17.4 Å². The largest absolute Gasteiger partial charge is 0.406 e. The zero-order valence-electron chi connectivity index (χ0n) is 16.9. The van der Waals surface area contributed by atoms with Crippen LogP contribution in [0.2, 0.25) is 0 Å². The van der Waals surface area contributed by atoms with E-state index in [0.29, 0.717) is 49.6 Å². The van der Waals surface area contributed by atoms with Gasteiger partial charge in [-0.3, -0.25) is 9.59 Å². The number of piperazine rings is 1. The maximum atomic E-state index is 13.2. The SMILES string of the molecule is N#CC1=C(N2CCN(C(=O)c3cccs3)CC2)C2CCCCC2N(CC(F)(F)F)C1=O. The lowest BCUT2D eigenvalue weighted by Gasteiger charge is -2.49. The van der Waals surface area contributed by atoms with E-state index in [0.717, 1.165) is 17.7 Å². The van der Waals surface area contributed by atoms with Crippen LogP contribution in [0.4, 0.5) is 13.2 Å². The van der Waals surface area contributed by atoms with Crippen molar-refractivity contribution in [2.45, 2.75) is 37.9 Å². The highest BCUT2D eigenvalue weighted by molar-refractivity contribution is 7.12. The van der Waals surface area contributed by atoms with Crippen LogP contribution < -0.4 is 0 Å². The third kappa shape index (κ3) is 4.28. The number of rotatable bonds is 3. The van der Waals surface area contributed by atoms with Gasteiger partial charge in [-0.1, -0.05) is 18.9 Å². The van der Waals surface area contributed by atoms with E-state index in [1.807, 2.05) is 22.4 Å². The second-order valence-electron chi connectivity index (χ2n) is 8.14. The number of carbonyl (C=O) groups is 2. The fourth-order valence-electron chi connectivity index (χ4n) is 4.98. The van der Waals surface area contributed by atoms with E-state index in [9.17, 15) is 28.0 Å². The molecule has 2 fully saturated rings. The van der Waals surface area contributed by atoms with Crippen molar-refractivity contribution in [1.82, 2.24) is 14.7 Å². The van der Waals surface area contributed by atoms with Gasteiger partial charge in [-0.2, -0.15) is 18.4 Å². The number of nitrogens with zero attached hydrogens (tertiary/aromatic N) is 4. The minimum absolute atomic E-state index is 0.0456. The highest BCUT2D eigenvalue weighted by Crippen LogP contribution is 2.42. The van der Waals surface area contributed by atoms with Gasteiger partial charge in [0.2, 0.25) is 0 Å². The van der Waals surface area contributed by atoms with Crippen molar-refractivity contribution in [2.24, 2.45) is 5.92 Å². The maximum Gasteiger partial charge on any atom is 0.406 e. The van der Waals surface area contributed by atoms with Crippen LogP contribution in [0.3, 0.4) is 0 Å². The van der Waals surface area contributed by atoms with Gasteiger partial charge in [-0.25, -0.2) is 0 Å². The molecular formula is C21H23F3N4O2S. The number of alkyl halides is 3. The fourth-order valence-corrected chi connectivity index (χ4v) is 5.67. The van der Waals surface area contributed by atoms with Gasteiger partial charge in [0.1, 0.15) is 18.2 Å². The summed E-state index contributed by atoms with van der Waals surface area (Å²) >= 11 is 1.38. The summed E-state index contributed by atoms with van der Waals surface area (Å²) < 4.78 is 39.5. The molecule has 3 heterocycles. The fraction of sp³-hybridized carbons (Fsp3) is 0.571. The molecule has 2 unspecified atom stereocenters. The average molecular weight is 453 g/mol. The molecule has 10 heteroatoms. The summed E-state index contributed by atoms with van der Waals surface area (Å²) in [5, 5.41) is 11.6. The zero-order chi connectivity index (χ0) is 22.2. The van der Waals surface area contributed by atoms with E-state index >= 15 is 0 Å². The first-order chi connectivity index (χ1) is 14.8. The molecule has 2 amide bonds. The molecule has 0 bridgehead atoms. The van der Waals surface area contributed by atoms with Crippen LogP contribution >= 0.6 is 11.3 Å². The quantitative estimate of drug-likeness (QED) is 0.706. The van der Waals surface area contributed by atoms with Crippen molar-refractivity contribution >= 4 is 23.2 Å². The van der Waals surface area contributed by atoms with E-state index in [1.165, 1.54) is 11.3 Å². The first-order valence-electron chi connectivity index (χ1n) is 10.4. The Kier molecular flexibility index (Phi) is 5.97. The zero-order valence-corrected chi connectivity index (χ0v) is 17.7. The van der Waals surface area contributed by atoms with Crippen LogP contribution in [0.5, 0.6) is 0 Å². The summed E-state index contributed by atoms with van der Waals surface area (Å²) in [5.41, 5.74) is 0.407. The van der Waals surface area contributed by atoms with Gasteiger partial charge >= 0.3 is 6.18 Å². The molecule has 3 aliphatic rings. The summed E-state index contributed by atoms with van der Waals surface area (Å²) in [7, 11) is 0. The summed E-state index contributed by atoms with van der Waals surface area (Å²) in [6.07, 6.45) is -1.73. The number of hydrogen-bond donors (Lipinski definition) is 0. The Hall–Kier alpha value is -2.54. The van der Waals surface area contributed by atoms with E-state index in [1.54, 1.807) is 11.0 Å². The van der Waals surface area contributed by atoms with Gasteiger partial charge in [0, 0.05) is 43.8 Å². The van der Waals surface area contributed by atoms with Crippen molar-refractivity contribution in [3.05, 3.63) is 33.7 Å². The lowest BCUT2D eigenvalue weighted by atomic mass is 9.76. The van der Waals surface area contributed by atoms with E-state index in [2.05, 4.69) is 0 Å². The van der Waals surface area contributed by atoms with Gasteiger partial charge in [-0.05, 0) is 24.3 Å². The van der Waals surface area contributed by atoms with Crippen molar-refractivity contribution in [1.29, 1.82) is 5.26 Å². The monoisotopic (exact) mass is 452 g/mol. The molecule has 4 rings (SSSR count). The molecule has 1 aromatic heterocycles. The van der Waals surface area contributed by atoms with Gasteiger partial charge in [0.25, 0.3) is 11.8 Å². The Balaban J connectivity index is 1.58. The second kappa shape index (κ2) is 8.54. The van der Waals surface area contributed by atoms with Crippen LogP contribution in [0.25, 0.3) is 0 Å². The molecule has 31 heavy (non-hydrogen) atoms. The molecule has 6 nitrogen and oxygen atoms in total. The molecule has 1 aromatic rings. The lowest BCUT2D eigenvalue weighted by molar-refractivity contribution is -0.168. The summed E-state index contributed by atoms with van der Waals surface area (Å²) in [4.78, 5) is 30.7.